The molecule has 0 radical (unpaired) electrons. The summed E-state index contributed by atoms with van der Waals surface area (Å²) in [5.41, 5.74) is 7.67. The molecule has 3 heterocycles. The largest absolute Gasteiger partial charge is 0.359 e. The predicted octanol–water partition coefficient (Wildman–Crippen LogP) is 6.51. The molecule has 0 saturated heterocycles. The van der Waals surface area contributed by atoms with Crippen molar-refractivity contribution in [3.63, 3.8) is 0 Å². The van der Waals surface area contributed by atoms with Gasteiger partial charge in [-0.05, 0) is 60.2 Å². The monoisotopic (exact) mass is 438 g/mol. The van der Waals surface area contributed by atoms with Gasteiger partial charge in [0.1, 0.15) is 5.69 Å². The van der Waals surface area contributed by atoms with Gasteiger partial charge in [-0.2, -0.15) is 5.10 Å². The Morgan fingerprint density at radius 2 is 2.00 bits per heavy atom. The molecule has 6 heteroatoms. The lowest BCUT2D eigenvalue weighted by Gasteiger charge is -2.21. The molecule has 0 aliphatic heterocycles. The third-order valence-corrected chi connectivity index (χ3v) is 5.31. The molecule has 0 spiro atoms. The number of H-pyrrole nitrogens is 2. The highest BCUT2D eigenvalue weighted by atomic mass is 15.1. The Kier molecular flexibility index (Phi) is 6.01. The molecule has 0 atom stereocenters. The lowest BCUT2D eigenvalue weighted by molar-refractivity contribution is 0.403. The Labute approximate surface area is 194 Å². The average molecular weight is 439 g/mol. The third kappa shape index (κ3) is 4.95. The number of benzene rings is 1. The topological polar surface area (TPSA) is 82.3 Å². The van der Waals surface area contributed by atoms with Crippen molar-refractivity contribution in [1.29, 1.82) is 0 Å². The maximum absolute atomic E-state index is 4.69. The van der Waals surface area contributed by atoms with Crippen LogP contribution >= 0.6 is 0 Å². The van der Waals surface area contributed by atoms with Crippen molar-refractivity contribution >= 4 is 27.5 Å². The second-order valence-corrected chi connectivity index (χ2v) is 9.32. The molecule has 4 rings (SSSR count). The molecule has 3 aromatic heterocycles. The number of aromatic amines is 2. The van der Waals surface area contributed by atoms with Crippen LogP contribution in [0.15, 0.2) is 79.4 Å². The Hall–Kier alpha value is -3.93. The van der Waals surface area contributed by atoms with Gasteiger partial charge < -0.3 is 10.3 Å². The summed E-state index contributed by atoms with van der Waals surface area (Å²) in [7, 11) is 0. The smallest absolute Gasteiger partial charge is 0.159 e. The highest BCUT2D eigenvalue weighted by Crippen LogP contribution is 2.29. The number of hydrogen-bond donors (Lipinski definition) is 3. The zero-order valence-electron chi connectivity index (χ0n) is 19.7. The molecule has 4 aromatic rings. The van der Waals surface area contributed by atoms with E-state index in [9.17, 15) is 0 Å². The normalized spacial score (nSPS) is 13.0. The fraction of sp³-hybridized carbons (Fsp3) is 0.222. The zero-order valence-corrected chi connectivity index (χ0v) is 19.7. The minimum Gasteiger partial charge on any atom is -0.359 e. The van der Waals surface area contributed by atoms with Gasteiger partial charge in [0.25, 0.3) is 0 Å². The molecule has 6 nitrogen and oxygen atoms in total. The number of imidazole rings is 1. The fourth-order valence-electron chi connectivity index (χ4n) is 3.88. The van der Waals surface area contributed by atoms with Gasteiger partial charge in [0, 0.05) is 23.0 Å². The number of hydrogen-bond acceptors (Lipinski definition) is 4. The van der Waals surface area contributed by atoms with Gasteiger partial charge in [-0.1, -0.05) is 46.1 Å². The highest BCUT2D eigenvalue weighted by Gasteiger charge is 2.15. The van der Waals surface area contributed by atoms with E-state index in [2.05, 4.69) is 88.7 Å². The molecular formula is C27H30N6. The van der Waals surface area contributed by atoms with E-state index in [0.29, 0.717) is 5.82 Å². The van der Waals surface area contributed by atoms with E-state index in [1.807, 2.05) is 25.1 Å². The van der Waals surface area contributed by atoms with Gasteiger partial charge in [-0.3, -0.25) is 10.1 Å². The summed E-state index contributed by atoms with van der Waals surface area (Å²) < 4.78 is 0. The fourth-order valence-corrected chi connectivity index (χ4v) is 3.88. The summed E-state index contributed by atoms with van der Waals surface area (Å²) in [6, 6.07) is 8.15. The van der Waals surface area contributed by atoms with Gasteiger partial charge in [0.2, 0.25) is 0 Å². The molecule has 0 amide bonds. The van der Waals surface area contributed by atoms with Gasteiger partial charge >= 0.3 is 0 Å². The molecule has 168 valence electrons. The van der Waals surface area contributed by atoms with Crippen LogP contribution < -0.4 is 5.32 Å². The highest BCUT2D eigenvalue weighted by molar-refractivity contribution is 5.95. The van der Waals surface area contributed by atoms with Gasteiger partial charge in [-0.25, -0.2) is 4.98 Å². The van der Waals surface area contributed by atoms with Crippen molar-refractivity contribution in [3.8, 4) is 11.5 Å². The first-order valence-electron chi connectivity index (χ1n) is 11.0. The molecule has 0 aliphatic carbocycles. The van der Waals surface area contributed by atoms with Gasteiger partial charge in [0.15, 0.2) is 5.82 Å². The first-order chi connectivity index (χ1) is 15.8. The molecule has 0 aliphatic rings. The number of aromatic nitrogens is 5. The molecule has 0 saturated carbocycles. The van der Waals surface area contributed by atoms with Crippen molar-refractivity contribution in [2.45, 2.75) is 34.1 Å². The summed E-state index contributed by atoms with van der Waals surface area (Å²) in [5, 5.41) is 12.0. The average Bonchev–Trinajstić information content (AvgIpc) is 3.38. The molecule has 1 aromatic carbocycles. The Bertz CT molecular complexity index is 1360. The molecule has 0 bridgehead atoms. The van der Waals surface area contributed by atoms with Crippen molar-refractivity contribution in [1.82, 2.24) is 30.5 Å². The molecule has 0 fully saturated rings. The molecule has 33 heavy (non-hydrogen) atoms. The van der Waals surface area contributed by atoms with Crippen LogP contribution in [0.3, 0.4) is 0 Å². The maximum Gasteiger partial charge on any atom is 0.159 e. The van der Waals surface area contributed by atoms with Crippen LogP contribution in [0.1, 0.15) is 39.7 Å². The van der Waals surface area contributed by atoms with E-state index in [4.69, 9.17) is 0 Å². The minimum atomic E-state index is 0.162. The standard InChI is InChI=1S/C27H30N6/c1-7-18(13-20(8-2)29-17(3)15-27(4,5)6)19-9-10-22-21(14-19)25(33-32-22)26-30-23-11-12-28-16-24(23)31-26/h7-14,16,29H,2-3,15H2,1,4-6H3,(H,30,31)(H,32,33)/b18-7+,20-13+. The number of pyridine rings is 1. The summed E-state index contributed by atoms with van der Waals surface area (Å²) in [6.07, 6.45) is 10.4. The first kappa shape index (κ1) is 22.3. The number of nitrogens with zero attached hydrogens (tertiary/aromatic N) is 3. The molecule has 0 unspecified atom stereocenters. The number of fused-ring (bicyclic) bond motifs is 2. The minimum absolute atomic E-state index is 0.162. The summed E-state index contributed by atoms with van der Waals surface area (Å²) in [5.74, 6) is 0.714. The van der Waals surface area contributed by atoms with Crippen molar-refractivity contribution in [2.24, 2.45) is 5.41 Å². The van der Waals surface area contributed by atoms with Crippen LogP contribution in [0.2, 0.25) is 0 Å². The van der Waals surface area contributed by atoms with Crippen molar-refractivity contribution in [2.75, 3.05) is 0 Å². The SMILES string of the molecule is C=C/C(=C\C(=C/C)c1ccc2[nH]nc(-c3nc4ccncc4[nH]3)c2c1)NC(=C)CC(C)(C)C. The van der Waals surface area contributed by atoms with E-state index in [1.54, 1.807) is 12.4 Å². The van der Waals surface area contributed by atoms with Crippen molar-refractivity contribution < 1.29 is 0 Å². The quantitative estimate of drug-likeness (QED) is 0.287. The molecule has 3 N–H and O–H groups in total. The maximum atomic E-state index is 4.69. The molecular weight excluding hydrogens is 408 g/mol. The summed E-state index contributed by atoms with van der Waals surface area (Å²) in [6.45, 7) is 16.8. The number of allylic oxidation sites excluding steroid dienone is 5. The van der Waals surface area contributed by atoms with E-state index < -0.39 is 0 Å². The summed E-state index contributed by atoms with van der Waals surface area (Å²) >= 11 is 0. The number of nitrogens with one attached hydrogen (secondary N) is 3. The van der Waals surface area contributed by atoms with Gasteiger partial charge in [0.05, 0.1) is 22.7 Å². The van der Waals surface area contributed by atoms with Crippen LogP contribution in [-0.4, -0.2) is 25.1 Å². The zero-order chi connectivity index (χ0) is 23.6. The van der Waals surface area contributed by atoms with Crippen molar-refractivity contribution in [3.05, 3.63) is 85.0 Å². The lowest BCUT2D eigenvalue weighted by atomic mass is 9.91. The number of rotatable bonds is 7. The second-order valence-electron chi connectivity index (χ2n) is 9.32. The van der Waals surface area contributed by atoms with Gasteiger partial charge in [-0.15, -0.1) is 0 Å². The van der Waals surface area contributed by atoms with Crippen LogP contribution in [0.25, 0.3) is 39.0 Å². The Balaban J connectivity index is 1.68. The van der Waals surface area contributed by atoms with Crippen LogP contribution in [0, 0.1) is 5.41 Å². The predicted molar refractivity (Wildman–Crippen MR) is 137 cm³/mol. The van der Waals surface area contributed by atoms with E-state index in [1.165, 1.54) is 0 Å². The third-order valence-electron chi connectivity index (χ3n) is 5.31. The summed E-state index contributed by atoms with van der Waals surface area (Å²) in [4.78, 5) is 12.2. The Morgan fingerprint density at radius 1 is 1.18 bits per heavy atom. The van der Waals surface area contributed by atoms with Crippen LogP contribution in [-0.2, 0) is 0 Å². The first-order valence-corrected chi connectivity index (χ1v) is 11.0. The van der Waals surface area contributed by atoms with Crippen LogP contribution in [0.4, 0.5) is 0 Å². The van der Waals surface area contributed by atoms with E-state index in [-0.39, 0.29) is 5.41 Å². The van der Waals surface area contributed by atoms with E-state index >= 15 is 0 Å². The van der Waals surface area contributed by atoms with Crippen LogP contribution in [0.5, 0.6) is 0 Å². The van der Waals surface area contributed by atoms with E-state index in [0.717, 1.165) is 56.6 Å². The Morgan fingerprint density at radius 3 is 2.70 bits per heavy atom. The lowest BCUT2D eigenvalue weighted by Crippen LogP contribution is -2.16. The second kappa shape index (κ2) is 8.90.